The Balaban J connectivity index is 2.41. The molecule has 2 atom stereocenters. The lowest BCUT2D eigenvalue weighted by Gasteiger charge is -2.30. The maximum Gasteiger partial charge on any atom is 0.253 e. The summed E-state index contributed by atoms with van der Waals surface area (Å²) in [5.74, 6) is 5.38. The molecule has 0 fully saturated rings. The molecular formula is C35H50N4O5. The summed E-state index contributed by atoms with van der Waals surface area (Å²) in [7, 11) is 0. The Morgan fingerprint density at radius 1 is 0.909 bits per heavy atom. The highest BCUT2D eigenvalue weighted by Crippen LogP contribution is 2.17. The minimum atomic E-state index is -1.05. The maximum atomic E-state index is 13.7. The van der Waals surface area contributed by atoms with E-state index in [2.05, 4.69) is 22.6 Å². The Kier molecular flexibility index (Phi) is 15.5. The van der Waals surface area contributed by atoms with Crippen LogP contribution in [0, 0.1) is 17.8 Å². The molecule has 2 rings (SSSR count). The van der Waals surface area contributed by atoms with E-state index in [1.54, 1.807) is 59.3 Å². The highest BCUT2D eigenvalue weighted by Gasteiger charge is 2.26. The number of hydrazine groups is 1. The monoisotopic (exact) mass is 606 g/mol. The number of nitrogens with zero attached hydrogens (tertiary/aromatic N) is 2. The van der Waals surface area contributed by atoms with E-state index < -0.39 is 18.1 Å². The van der Waals surface area contributed by atoms with Crippen LogP contribution < -0.4 is 10.7 Å². The summed E-state index contributed by atoms with van der Waals surface area (Å²) in [4.78, 5) is 41.5. The number of nitrogens with one attached hydrogen (secondary N) is 2. The number of hydrogen-bond acceptors (Lipinski definition) is 6. The lowest BCUT2D eigenvalue weighted by atomic mass is 9.99. The highest BCUT2D eigenvalue weighted by atomic mass is 16.3. The quantitative estimate of drug-likeness (QED) is 0.155. The number of carbonyl (C=O) groups is 3. The average Bonchev–Trinajstić information content (AvgIpc) is 2.97. The van der Waals surface area contributed by atoms with E-state index in [4.69, 9.17) is 0 Å². The van der Waals surface area contributed by atoms with Gasteiger partial charge in [-0.25, -0.2) is 5.01 Å². The molecule has 0 spiro atoms. The zero-order valence-corrected chi connectivity index (χ0v) is 27.2. The molecular weight excluding hydrogens is 556 g/mol. The van der Waals surface area contributed by atoms with Gasteiger partial charge in [-0.2, -0.15) is 0 Å². The third-order valence-electron chi connectivity index (χ3n) is 6.94. The molecule has 2 aromatic rings. The molecule has 0 aromatic heterocycles. The SMILES string of the molecule is CC#Cc1cc(C(=O)NC(Cc2ccc(O)cc2)C(O)CN(CCC)NC(=O)CC(C)C)cc(C(=O)N(CCC)CCC)c1. The van der Waals surface area contributed by atoms with E-state index in [1.807, 2.05) is 34.6 Å². The number of phenolic OH excluding ortho intramolecular Hbond substituents is 1. The van der Waals surface area contributed by atoms with Gasteiger partial charge in [0.2, 0.25) is 5.91 Å². The number of aromatic hydroxyl groups is 1. The summed E-state index contributed by atoms with van der Waals surface area (Å²) in [5.41, 5.74) is 4.89. The van der Waals surface area contributed by atoms with Crippen molar-refractivity contribution < 1.29 is 24.6 Å². The molecule has 0 radical (unpaired) electrons. The van der Waals surface area contributed by atoms with Crippen LogP contribution >= 0.6 is 0 Å². The number of carbonyl (C=O) groups excluding carboxylic acids is 3. The molecule has 0 aliphatic heterocycles. The third-order valence-corrected chi connectivity index (χ3v) is 6.94. The zero-order valence-electron chi connectivity index (χ0n) is 27.2. The number of aliphatic hydroxyl groups is 1. The van der Waals surface area contributed by atoms with Crippen LogP contribution in [-0.4, -0.2) is 76.2 Å². The molecule has 0 saturated heterocycles. The first-order valence-electron chi connectivity index (χ1n) is 15.7. The van der Waals surface area contributed by atoms with Crippen molar-refractivity contribution in [1.82, 2.24) is 20.7 Å². The van der Waals surface area contributed by atoms with E-state index >= 15 is 0 Å². The molecule has 0 aliphatic rings. The Morgan fingerprint density at radius 3 is 2.09 bits per heavy atom. The molecule has 0 heterocycles. The van der Waals surface area contributed by atoms with Gasteiger partial charge in [0.15, 0.2) is 0 Å². The van der Waals surface area contributed by atoms with Gasteiger partial charge in [0.05, 0.1) is 12.1 Å². The number of amides is 3. The summed E-state index contributed by atoms with van der Waals surface area (Å²) in [6.07, 6.45) is 1.96. The van der Waals surface area contributed by atoms with Crippen molar-refractivity contribution in [3.8, 4) is 17.6 Å². The smallest absolute Gasteiger partial charge is 0.253 e. The predicted molar refractivity (Wildman–Crippen MR) is 174 cm³/mol. The first kappa shape index (κ1) is 36.3. The van der Waals surface area contributed by atoms with Crippen LogP contribution in [0.3, 0.4) is 0 Å². The summed E-state index contributed by atoms with van der Waals surface area (Å²) >= 11 is 0. The van der Waals surface area contributed by atoms with E-state index in [0.717, 1.165) is 24.8 Å². The molecule has 240 valence electrons. The van der Waals surface area contributed by atoms with Crippen molar-refractivity contribution in [2.75, 3.05) is 26.2 Å². The Labute approximate surface area is 263 Å². The van der Waals surface area contributed by atoms with Crippen molar-refractivity contribution in [2.45, 2.75) is 85.8 Å². The third kappa shape index (κ3) is 12.0. The summed E-state index contributed by atoms with van der Waals surface area (Å²) in [6.45, 7) is 13.5. The van der Waals surface area contributed by atoms with Gasteiger partial charge in [-0.3, -0.25) is 19.8 Å². The van der Waals surface area contributed by atoms with Crippen molar-refractivity contribution >= 4 is 17.7 Å². The van der Waals surface area contributed by atoms with Crippen LogP contribution in [-0.2, 0) is 11.2 Å². The molecule has 44 heavy (non-hydrogen) atoms. The van der Waals surface area contributed by atoms with E-state index in [1.165, 1.54) is 0 Å². The molecule has 2 unspecified atom stereocenters. The minimum absolute atomic E-state index is 0.0921. The molecule has 9 nitrogen and oxygen atoms in total. The second-order valence-electron chi connectivity index (χ2n) is 11.6. The molecule has 4 N–H and O–H groups in total. The summed E-state index contributed by atoms with van der Waals surface area (Å²) < 4.78 is 0. The molecule has 0 aliphatic carbocycles. The summed E-state index contributed by atoms with van der Waals surface area (Å²) in [5, 5.41) is 25.9. The van der Waals surface area contributed by atoms with Crippen molar-refractivity contribution in [2.24, 2.45) is 5.92 Å². The van der Waals surface area contributed by atoms with Crippen LogP contribution in [0.25, 0.3) is 0 Å². The second-order valence-corrected chi connectivity index (χ2v) is 11.6. The Bertz CT molecular complexity index is 1280. The fraction of sp³-hybridized carbons (Fsp3) is 0.514. The number of hydrogen-bond donors (Lipinski definition) is 4. The first-order chi connectivity index (χ1) is 21.0. The van der Waals surface area contributed by atoms with Gasteiger partial charge in [0.25, 0.3) is 11.8 Å². The number of benzene rings is 2. The fourth-order valence-electron chi connectivity index (χ4n) is 4.97. The lowest BCUT2D eigenvalue weighted by molar-refractivity contribution is -0.127. The van der Waals surface area contributed by atoms with Crippen molar-refractivity contribution in [3.05, 3.63) is 64.7 Å². The lowest BCUT2D eigenvalue weighted by Crippen LogP contribution is -2.53. The van der Waals surface area contributed by atoms with Crippen LogP contribution in [0.4, 0.5) is 0 Å². The fourth-order valence-corrected chi connectivity index (χ4v) is 4.97. The summed E-state index contributed by atoms with van der Waals surface area (Å²) in [6, 6.07) is 10.8. The zero-order chi connectivity index (χ0) is 32.6. The van der Waals surface area contributed by atoms with Gasteiger partial charge < -0.3 is 20.4 Å². The van der Waals surface area contributed by atoms with Gasteiger partial charge in [0, 0.05) is 49.3 Å². The molecule has 3 amide bonds. The number of phenols is 1. The van der Waals surface area contributed by atoms with E-state index in [0.29, 0.717) is 37.2 Å². The van der Waals surface area contributed by atoms with Gasteiger partial charge in [-0.15, -0.1) is 5.92 Å². The Hall–Kier alpha value is -3.87. The molecule has 0 saturated carbocycles. The van der Waals surface area contributed by atoms with Crippen molar-refractivity contribution in [3.63, 3.8) is 0 Å². The highest BCUT2D eigenvalue weighted by molar-refractivity contribution is 6.00. The van der Waals surface area contributed by atoms with Gasteiger partial charge in [0.1, 0.15) is 5.75 Å². The van der Waals surface area contributed by atoms with Gasteiger partial charge in [-0.1, -0.05) is 52.7 Å². The maximum absolute atomic E-state index is 13.7. The van der Waals surface area contributed by atoms with Crippen LogP contribution in [0.5, 0.6) is 5.75 Å². The van der Waals surface area contributed by atoms with Crippen LogP contribution in [0.2, 0.25) is 0 Å². The Morgan fingerprint density at radius 2 is 1.52 bits per heavy atom. The van der Waals surface area contributed by atoms with Crippen LogP contribution in [0.15, 0.2) is 42.5 Å². The van der Waals surface area contributed by atoms with E-state index in [9.17, 15) is 24.6 Å². The minimum Gasteiger partial charge on any atom is -0.508 e. The second kappa shape index (κ2) is 18.7. The average molecular weight is 607 g/mol. The van der Waals surface area contributed by atoms with Crippen molar-refractivity contribution in [1.29, 1.82) is 0 Å². The number of rotatable bonds is 17. The number of aliphatic hydroxyl groups excluding tert-OH is 1. The topological polar surface area (TPSA) is 122 Å². The molecule has 9 heteroatoms. The molecule has 0 bridgehead atoms. The van der Waals surface area contributed by atoms with E-state index in [-0.39, 0.29) is 42.0 Å². The van der Waals surface area contributed by atoms with Gasteiger partial charge in [-0.05, 0) is 74.4 Å². The normalized spacial score (nSPS) is 12.3. The first-order valence-corrected chi connectivity index (χ1v) is 15.7. The van der Waals surface area contributed by atoms with Crippen LogP contribution in [0.1, 0.15) is 99.1 Å². The molecule has 2 aromatic carbocycles. The standard InChI is InChI=1S/C35H50N4O5/c1-7-11-27-20-28(23-29(21-27)35(44)38(16-8-2)17-9-3)34(43)36-31(22-26-12-14-30(40)15-13-26)32(41)24-39(18-10-4)37-33(42)19-25(5)6/h12-15,20-21,23,25,31-32,40-41H,8-10,16-19,22,24H2,1-6H3,(H,36,43)(H,37,42). The largest absolute Gasteiger partial charge is 0.508 e. The van der Waals surface area contributed by atoms with Gasteiger partial charge >= 0.3 is 0 Å². The predicted octanol–water partition coefficient (Wildman–Crippen LogP) is 4.52.